The molecule has 0 rings (SSSR count). The van der Waals surface area contributed by atoms with E-state index in [9.17, 15) is 19.8 Å². The third-order valence-electron chi connectivity index (χ3n) is 13.8. The first-order chi connectivity index (χ1) is 32.0. The number of aliphatic hydroxyl groups is 2. The minimum absolute atomic E-state index is 0.0135. The summed E-state index contributed by atoms with van der Waals surface area (Å²) in [6.45, 7) is 4.96. The molecule has 0 aliphatic heterocycles. The third-order valence-corrected chi connectivity index (χ3v) is 13.8. The molecule has 0 aromatic carbocycles. The molecule has 1 amide bonds. The zero-order chi connectivity index (χ0) is 47.2. The molecule has 0 aliphatic rings. The number of allylic oxidation sites excluding steroid dienone is 2. The Bertz CT molecular complexity index is 970. The number of ether oxygens (including phenoxy) is 1. The summed E-state index contributed by atoms with van der Waals surface area (Å²) in [7, 11) is 0. The second kappa shape index (κ2) is 55.2. The van der Waals surface area contributed by atoms with Gasteiger partial charge in [-0.2, -0.15) is 0 Å². The van der Waals surface area contributed by atoms with Crippen molar-refractivity contribution in [2.24, 2.45) is 0 Å². The Morgan fingerprint density at radius 1 is 0.415 bits per heavy atom. The number of unbranched alkanes of at least 4 members (excludes halogenated alkanes) is 42. The van der Waals surface area contributed by atoms with Crippen molar-refractivity contribution in [2.45, 2.75) is 341 Å². The molecule has 0 aromatic heterocycles. The maximum Gasteiger partial charge on any atom is 0.305 e. The van der Waals surface area contributed by atoms with Crippen LogP contribution in [-0.4, -0.2) is 47.4 Å². The monoisotopic (exact) mass is 918 g/mol. The number of amides is 1. The zero-order valence-corrected chi connectivity index (χ0v) is 44.0. The van der Waals surface area contributed by atoms with Crippen molar-refractivity contribution >= 4 is 11.9 Å². The second-order valence-electron chi connectivity index (χ2n) is 20.3. The molecular formula is C59H115NO5. The Labute approximate surface area is 406 Å². The fraction of sp³-hybridized carbons (Fsp3) is 0.932. The molecule has 0 fully saturated rings. The predicted molar refractivity (Wildman–Crippen MR) is 283 cm³/mol. The van der Waals surface area contributed by atoms with Crippen molar-refractivity contribution in [2.75, 3.05) is 13.2 Å². The smallest absolute Gasteiger partial charge is 0.305 e. The maximum atomic E-state index is 12.4. The van der Waals surface area contributed by atoms with Crippen LogP contribution in [0.25, 0.3) is 0 Å². The highest BCUT2D eigenvalue weighted by molar-refractivity contribution is 5.76. The Morgan fingerprint density at radius 3 is 1.09 bits per heavy atom. The van der Waals surface area contributed by atoms with Gasteiger partial charge in [0.2, 0.25) is 5.91 Å². The number of hydrogen-bond donors (Lipinski definition) is 3. The number of aliphatic hydroxyl groups excluding tert-OH is 2. The van der Waals surface area contributed by atoms with Crippen LogP contribution in [-0.2, 0) is 14.3 Å². The average Bonchev–Trinajstić information content (AvgIpc) is 3.31. The van der Waals surface area contributed by atoms with E-state index in [0.717, 1.165) is 38.5 Å². The normalized spacial score (nSPS) is 12.6. The van der Waals surface area contributed by atoms with Gasteiger partial charge < -0.3 is 20.3 Å². The molecule has 3 N–H and O–H groups in total. The number of nitrogens with one attached hydrogen (secondary N) is 1. The molecule has 2 atom stereocenters. The van der Waals surface area contributed by atoms with Crippen LogP contribution in [0, 0.1) is 0 Å². The molecule has 386 valence electrons. The molecule has 0 aliphatic carbocycles. The molecule has 65 heavy (non-hydrogen) atoms. The summed E-state index contributed by atoms with van der Waals surface area (Å²) >= 11 is 0. The fourth-order valence-corrected chi connectivity index (χ4v) is 9.28. The quantitative estimate of drug-likeness (QED) is 0.0321. The van der Waals surface area contributed by atoms with Crippen LogP contribution in [0.4, 0.5) is 0 Å². The highest BCUT2D eigenvalue weighted by Crippen LogP contribution is 2.17. The molecule has 2 unspecified atom stereocenters. The molecule has 0 spiro atoms. The van der Waals surface area contributed by atoms with E-state index in [1.165, 1.54) is 257 Å². The van der Waals surface area contributed by atoms with Gasteiger partial charge in [0.05, 0.1) is 25.4 Å². The first-order valence-electron chi connectivity index (χ1n) is 29.4. The summed E-state index contributed by atoms with van der Waals surface area (Å²) in [6, 6.07) is -0.541. The van der Waals surface area contributed by atoms with Crippen molar-refractivity contribution in [3.63, 3.8) is 0 Å². The first kappa shape index (κ1) is 63.6. The van der Waals surface area contributed by atoms with E-state index in [4.69, 9.17) is 4.74 Å². The van der Waals surface area contributed by atoms with E-state index in [2.05, 4.69) is 31.3 Å². The van der Waals surface area contributed by atoms with E-state index >= 15 is 0 Å². The standard InChI is InChI=1S/C59H115NO5/c1-3-5-7-9-11-13-15-32-35-39-43-47-51-57(62)56(55-61)60-58(63)52-48-44-40-36-33-29-27-25-23-21-19-17-16-18-20-22-24-26-28-30-34-38-42-46-50-54-65-59(64)53-49-45-41-37-31-14-12-10-8-6-4-2/h17,19,56-57,61-62H,3-16,18,20-55H2,1-2H3,(H,60,63)/b19-17-. The van der Waals surface area contributed by atoms with Crippen LogP contribution in [0.1, 0.15) is 328 Å². The molecule has 0 radical (unpaired) electrons. The molecule has 0 saturated heterocycles. The lowest BCUT2D eigenvalue weighted by molar-refractivity contribution is -0.143. The second-order valence-corrected chi connectivity index (χ2v) is 20.3. The van der Waals surface area contributed by atoms with Crippen molar-refractivity contribution in [1.82, 2.24) is 5.32 Å². The van der Waals surface area contributed by atoms with Gasteiger partial charge in [0.25, 0.3) is 0 Å². The number of carbonyl (C=O) groups is 2. The van der Waals surface area contributed by atoms with Crippen LogP contribution >= 0.6 is 0 Å². The Hall–Kier alpha value is -1.40. The summed E-state index contributed by atoms with van der Waals surface area (Å²) in [5, 5.41) is 23.2. The minimum Gasteiger partial charge on any atom is -0.466 e. The largest absolute Gasteiger partial charge is 0.466 e. The Morgan fingerprint density at radius 2 is 0.723 bits per heavy atom. The molecule has 0 aromatic rings. The van der Waals surface area contributed by atoms with E-state index in [-0.39, 0.29) is 18.5 Å². The summed E-state index contributed by atoms with van der Waals surface area (Å²) in [5.41, 5.74) is 0. The van der Waals surface area contributed by atoms with Crippen LogP contribution in [0.5, 0.6) is 0 Å². The van der Waals surface area contributed by atoms with E-state index in [1.54, 1.807) is 0 Å². The molecule has 6 heteroatoms. The number of rotatable bonds is 55. The predicted octanol–water partition coefficient (Wildman–Crippen LogP) is 18.1. The highest BCUT2D eigenvalue weighted by Gasteiger charge is 2.20. The third kappa shape index (κ3) is 51.8. The van der Waals surface area contributed by atoms with Gasteiger partial charge >= 0.3 is 5.97 Å². The number of carbonyl (C=O) groups excluding carboxylic acids is 2. The molecule has 6 nitrogen and oxygen atoms in total. The maximum absolute atomic E-state index is 12.4. The van der Waals surface area contributed by atoms with Gasteiger partial charge in [0, 0.05) is 12.8 Å². The van der Waals surface area contributed by atoms with Crippen LogP contribution in [0.2, 0.25) is 0 Å². The lowest BCUT2D eigenvalue weighted by Gasteiger charge is -2.22. The lowest BCUT2D eigenvalue weighted by atomic mass is 10.0. The molecule has 0 saturated carbocycles. The topological polar surface area (TPSA) is 95.9 Å². The molecule has 0 bridgehead atoms. The number of esters is 1. The van der Waals surface area contributed by atoms with E-state index in [1.807, 2.05) is 0 Å². The average molecular weight is 919 g/mol. The van der Waals surface area contributed by atoms with Crippen LogP contribution < -0.4 is 5.32 Å². The van der Waals surface area contributed by atoms with Gasteiger partial charge in [0.1, 0.15) is 0 Å². The van der Waals surface area contributed by atoms with Gasteiger partial charge in [-0.1, -0.05) is 276 Å². The fourth-order valence-electron chi connectivity index (χ4n) is 9.28. The summed E-state index contributed by atoms with van der Waals surface area (Å²) in [4.78, 5) is 24.4. The van der Waals surface area contributed by atoms with Gasteiger partial charge in [0.15, 0.2) is 0 Å². The summed E-state index contributed by atoms with van der Waals surface area (Å²) in [5.74, 6) is -0.0238. The van der Waals surface area contributed by atoms with Crippen LogP contribution in [0.15, 0.2) is 12.2 Å². The van der Waals surface area contributed by atoms with E-state index in [0.29, 0.717) is 25.9 Å². The van der Waals surface area contributed by atoms with Gasteiger partial charge in [-0.3, -0.25) is 9.59 Å². The highest BCUT2D eigenvalue weighted by atomic mass is 16.5. The van der Waals surface area contributed by atoms with Crippen LogP contribution in [0.3, 0.4) is 0 Å². The molecular weight excluding hydrogens is 803 g/mol. The Kier molecular flexibility index (Phi) is 54.0. The van der Waals surface area contributed by atoms with Gasteiger partial charge in [-0.05, 0) is 51.4 Å². The SMILES string of the molecule is CCCCCCCCCCCCCCC(O)C(CO)NC(=O)CCCCCCCCCCC/C=C\CCCCCCCCCCCCCCOC(=O)CCCCCCCCCCCCC. The van der Waals surface area contributed by atoms with Crippen molar-refractivity contribution in [3.8, 4) is 0 Å². The zero-order valence-electron chi connectivity index (χ0n) is 44.0. The summed E-state index contributed by atoms with van der Waals surface area (Å²) in [6.07, 6.45) is 65.0. The van der Waals surface area contributed by atoms with Gasteiger partial charge in [-0.25, -0.2) is 0 Å². The van der Waals surface area contributed by atoms with Crippen molar-refractivity contribution < 1.29 is 24.5 Å². The molecule has 0 heterocycles. The lowest BCUT2D eigenvalue weighted by Crippen LogP contribution is -2.45. The van der Waals surface area contributed by atoms with E-state index < -0.39 is 12.1 Å². The Balaban J connectivity index is 3.38. The van der Waals surface area contributed by atoms with Crippen molar-refractivity contribution in [1.29, 1.82) is 0 Å². The van der Waals surface area contributed by atoms with Gasteiger partial charge in [-0.15, -0.1) is 0 Å². The first-order valence-corrected chi connectivity index (χ1v) is 29.4. The van der Waals surface area contributed by atoms with Crippen molar-refractivity contribution in [3.05, 3.63) is 12.2 Å². The number of hydrogen-bond acceptors (Lipinski definition) is 5. The summed E-state index contributed by atoms with van der Waals surface area (Å²) < 4.78 is 5.46. The minimum atomic E-state index is -0.664.